The summed E-state index contributed by atoms with van der Waals surface area (Å²) in [7, 11) is 0. The normalized spacial score (nSPS) is 11.4. The molecule has 1 aromatic carbocycles. The highest BCUT2D eigenvalue weighted by atomic mass is 16.4. The van der Waals surface area contributed by atoms with Crippen LogP contribution in [0.15, 0.2) is 25.8 Å². The Bertz CT molecular complexity index is 838. The molecule has 3 aromatic rings. The van der Waals surface area contributed by atoms with E-state index in [1.807, 2.05) is 0 Å². The molecule has 18 heavy (non-hydrogen) atoms. The standard InChI is InChI=1S/C13H10O5/c1-5-3-8-11(13(16)17-5)10-6(2)12(15)7(14)4-9(10)18-8/h3-4,14-15H,1-2H3. The maximum Gasteiger partial charge on any atom is 0.347 e. The first-order valence-electron chi connectivity index (χ1n) is 5.37. The molecule has 0 aliphatic heterocycles. The van der Waals surface area contributed by atoms with Gasteiger partial charge in [0.15, 0.2) is 11.5 Å². The molecule has 92 valence electrons. The first-order chi connectivity index (χ1) is 8.49. The van der Waals surface area contributed by atoms with Gasteiger partial charge in [0.2, 0.25) is 0 Å². The topological polar surface area (TPSA) is 83.8 Å². The van der Waals surface area contributed by atoms with Gasteiger partial charge in [-0.15, -0.1) is 0 Å². The predicted octanol–water partition coefficient (Wildman–Crippen LogP) is 2.57. The average Bonchev–Trinajstić information content (AvgIpc) is 2.64. The van der Waals surface area contributed by atoms with E-state index >= 15 is 0 Å². The molecule has 2 N–H and O–H groups in total. The minimum Gasteiger partial charge on any atom is -0.504 e. The van der Waals surface area contributed by atoms with E-state index in [2.05, 4.69) is 0 Å². The van der Waals surface area contributed by atoms with Gasteiger partial charge >= 0.3 is 5.63 Å². The van der Waals surface area contributed by atoms with E-state index in [1.54, 1.807) is 19.9 Å². The third-order valence-corrected chi connectivity index (χ3v) is 3.00. The van der Waals surface area contributed by atoms with Crippen molar-refractivity contribution in [2.45, 2.75) is 13.8 Å². The summed E-state index contributed by atoms with van der Waals surface area (Å²) >= 11 is 0. The van der Waals surface area contributed by atoms with Crippen molar-refractivity contribution in [3.63, 3.8) is 0 Å². The Balaban J connectivity index is 2.67. The Labute approximate surface area is 101 Å². The van der Waals surface area contributed by atoms with Gasteiger partial charge in [0.1, 0.15) is 22.3 Å². The van der Waals surface area contributed by atoms with E-state index in [4.69, 9.17) is 8.83 Å². The highest BCUT2D eigenvalue weighted by molar-refractivity contribution is 6.07. The van der Waals surface area contributed by atoms with Crippen LogP contribution in [0, 0.1) is 13.8 Å². The van der Waals surface area contributed by atoms with Gasteiger partial charge < -0.3 is 19.0 Å². The average molecular weight is 246 g/mol. The van der Waals surface area contributed by atoms with E-state index in [0.29, 0.717) is 27.9 Å². The molecule has 0 amide bonds. The summed E-state index contributed by atoms with van der Waals surface area (Å²) in [6.45, 7) is 3.25. The van der Waals surface area contributed by atoms with E-state index in [-0.39, 0.29) is 16.9 Å². The smallest absolute Gasteiger partial charge is 0.347 e. The molecular formula is C13H10O5. The molecule has 0 fully saturated rings. The Hall–Kier alpha value is -2.43. The lowest BCUT2D eigenvalue weighted by Crippen LogP contribution is -1.99. The van der Waals surface area contributed by atoms with Crippen LogP contribution >= 0.6 is 0 Å². The second kappa shape index (κ2) is 3.29. The molecule has 0 aliphatic rings. The molecule has 2 heterocycles. The number of furan rings is 1. The first-order valence-corrected chi connectivity index (χ1v) is 5.37. The predicted molar refractivity (Wildman–Crippen MR) is 65.1 cm³/mol. The molecule has 0 atom stereocenters. The van der Waals surface area contributed by atoms with Crippen molar-refractivity contribution in [2.24, 2.45) is 0 Å². The van der Waals surface area contributed by atoms with Crippen LogP contribution in [0.4, 0.5) is 0 Å². The zero-order valence-electron chi connectivity index (χ0n) is 9.77. The molecule has 5 nitrogen and oxygen atoms in total. The van der Waals surface area contributed by atoms with Crippen LogP contribution in [0.3, 0.4) is 0 Å². The molecule has 0 unspecified atom stereocenters. The van der Waals surface area contributed by atoms with E-state index in [0.717, 1.165) is 0 Å². The molecule has 0 bridgehead atoms. The summed E-state index contributed by atoms with van der Waals surface area (Å²) in [6, 6.07) is 2.89. The van der Waals surface area contributed by atoms with Crippen molar-refractivity contribution in [3.8, 4) is 11.5 Å². The molecule has 3 rings (SSSR count). The van der Waals surface area contributed by atoms with E-state index in [1.165, 1.54) is 6.07 Å². The third-order valence-electron chi connectivity index (χ3n) is 3.00. The van der Waals surface area contributed by atoms with Crippen LogP contribution in [0.1, 0.15) is 11.3 Å². The van der Waals surface area contributed by atoms with Gasteiger partial charge in [-0.3, -0.25) is 0 Å². The summed E-state index contributed by atoms with van der Waals surface area (Å²) in [5.74, 6) is -0.0945. The number of aromatic hydroxyl groups is 2. The number of phenols is 2. The Morgan fingerprint density at radius 3 is 2.39 bits per heavy atom. The van der Waals surface area contributed by atoms with Crippen LogP contribution in [-0.2, 0) is 0 Å². The molecule has 0 radical (unpaired) electrons. The molecular weight excluding hydrogens is 236 g/mol. The van der Waals surface area contributed by atoms with Crippen LogP contribution in [-0.4, -0.2) is 10.2 Å². The fourth-order valence-corrected chi connectivity index (χ4v) is 2.16. The van der Waals surface area contributed by atoms with Gasteiger partial charge in [-0.05, 0) is 13.8 Å². The van der Waals surface area contributed by atoms with Crippen LogP contribution < -0.4 is 5.63 Å². The van der Waals surface area contributed by atoms with Gasteiger partial charge in [0.25, 0.3) is 0 Å². The fraction of sp³-hybridized carbons (Fsp3) is 0.154. The first kappa shape index (κ1) is 10.7. The molecule has 5 heteroatoms. The van der Waals surface area contributed by atoms with Crippen LogP contribution in [0.5, 0.6) is 11.5 Å². The number of hydrogen-bond acceptors (Lipinski definition) is 5. The summed E-state index contributed by atoms with van der Waals surface area (Å²) < 4.78 is 10.5. The Morgan fingerprint density at radius 1 is 1.00 bits per heavy atom. The number of benzene rings is 1. The van der Waals surface area contributed by atoms with E-state index < -0.39 is 5.63 Å². The highest BCUT2D eigenvalue weighted by Crippen LogP contribution is 2.39. The second-order valence-corrected chi connectivity index (χ2v) is 4.23. The lowest BCUT2D eigenvalue weighted by atomic mass is 10.1. The number of rotatable bonds is 0. The van der Waals surface area contributed by atoms with Gasteiger partial charge in [0, 0.05) is 23.1 Å². The molecule has 2 aromatic heterocycles. The molecule has 0 aliphatic carbocycles. The number of fused-ring (bicyclic) bond motifs is 3. The zero-order valence-corrected chi connectivity index (χ0v) is 9.77. The van der Waals surface area contributed by atoms with Crippen molar-refractivity contribution in [3.05, 3.63) is 33.9 Å². The monoisotopic (exact) mass is 246 g/mol. The lowest BCUT2D eigenvalue weighted by Gasteiger charge is -2.01. The second-order valence-electron chi connectivity index (χ2n) is 4.23. The van der Waals surface area contributed by atoms with Crippen molar-refractivity contribution in [2.75, 3.05) is 0 Å². The summed E-state index contributed by atoms with van der Waals surface area (Å²) in [6.07, 6.45) is 0. The minimum absolute atomic E-state index is 0.259. The van der Waals surface area contributed by atoms with Gasteiger partial charge in [0.05, 0.1) is 0 Å². The lowest BCUT2D eigenvalue weighted by molar-refractivity contribution is 0.401. The molecule has 0 saturated carbocycles. The maximum absolute atomic E-state index is 11.9. The summed E-state index contributed by atoms with van der Waals surface area (Å²) in [5.41, 5.74) is 0.597. The van der Waals surface area contributed by atoms with E-state index in [9.17, 15) is 15.0 Å². The fourth-order valence-electron chi connectivity index (χ4n) is 2.16. The summed E-state index contributed by atoms with van der Waals surface area (Å²) in [4.78, 5) is 11.9. The van der Waals surface area contributed by atoms with Gasteiger partial charge in [-0.25, -0.2) is 4.79 Å². The van der Waals surface area contributed by atoms with Crippen molar-refractivity contribution in [1.29, 1.82) is 0 Å². The molecule has 0 saturated heterocycles. The summed E-state index contributed by atoms with van der Waals surface area (Å²) in [5, 5.41) is 20.0. The Morgan fingerprint density at radius 2 is 1.67 bits per heavy atom. The highest BCUT2D eigenvalue weighted by Gasteiger charge is 2.18. The van der Waals surface area contributed by atoms with Crippen LogP contribution in [0.2, 0.25) is 0 Å². The van der Waals surface area contributed by atoms with Gasteiger partial charge in [-0.1, -0.05) is 0 Å². The maximum atomic E-state index is 11.9. The largest absolute Gasteiger partial charge is 0.504 e. The molecule has 0 spiro atoms. The number of hydrogen-bond donors (Lipinski definition) is 2. The van der Waals surface area contributed by atoms with Crippen molar-refractivity contribution in [1.82, 2.24) is 0 Å². The SMILES string of the molecule is Cc1cc2oc3cc(O)c(O)c(C)c3c2c(=O)o1. The minimum atomic E-state index is -0.517. The van der Waals surface area contributed by atoms with Gasteiger partial charge in [-0.2, -0.15) is 0 Å². The van der Waals surface area contributed by atoms with Crippen molar-refractivity contribution < 1.29 is 19.0 Å². The quantitative estimate of drug-likeness (QED) is 0.595. The number of aryl methyl sites for hydroxylation is 2. The number of phenolic OH excluding ortho intramolecular Hbond substituents is 2. The van der Waals surface area contributed by atoms with Crippen molar-refractivity contribution >= 4 is 21.9 Å². The zero-order chi connectivity index (χ0) is 13.0. The third kappa shape index (κ3) is 1.24. The van der Waals surface area contributed by atoms with Crippen LogP contribution in [0.25, 0.3) is 21.9 Å². The Kier molecular flexibility index (Phi) is 1.96.